The van der Waals surface area contributed by atoms with Crippen LogP contribution in [0.4, 0.5) is 20.6 Å². The first-order valence-corrected chi connectivity index (χ1v) is 6.09. The third-order valence-electron chi connectivity index (χ3n) is 2.43. The maximum Gasteiger partial charge on any atom is 0.323 e. The number of rotatable bonds is 4. The summed E-state index contributed by atoms with van der Waals surface area (Å²) < 4.78 is 18.7. The molecule has 0 aliphatic rings. The number of benzene rings is 1. The molecule has 0 saturated heterocycles. The van der Waals surface area contributed by atoms with E-state index in [0.717, 1.165) is 0 Å². The highest BCUT2D eigenvalue weighted by atomic mass is 19.1. The molecule has 1 heterocycles. The van der Waals surface area contributed by atoms with Gasteiger partial charge in [0.25, 0.3) is 0 Å². The van der Waals surface area contributed by atoms with Crippen LogP contribution in [0.5, 0.6) is 5.75 Å². The summed E-state index contributed by atoms with van der Waals surface area (Å²) in [5.74, 6) is -0.360. The van der Waals surface area contributed by atoms with Crippen LogP contribution >= 0.6 is 0 Å². The van der Waals surface area contributed by atoms with Crippen molar-refractivity contribution in [2.45, 2.75) is 6.92 Å². The molecule has 0 radical (unpaired) electrons. The lowest BCUT2D eigenvalue weighted by molar-refractivity contribution is 0.262. The third kappa shape index (κ3) is 3.68. The highest BCUT2D eigenvalue weighted by molar-refractivity contribution is 5.99. The number of aromatic nitrogens is 1. The van der Waals surface area contributed by atoms with Gasteiger partial charge in [-0.05, 0) is 31.2 Å². The van der Waals surface area contributed by atoms with Gasteiger partial charge in [0.1, 0.15) is 0 Å². The molecule has 0 aliphatic carbocycles. The van der Waals surface area contributed by atoms with E-state index < -0.39 is 11.8 Å². The molecule has 0 bridgehead atoms. The molecule has 2 rings (SSSR count). The second kappa shape index (κ2) is 6.51. The fraction of sp³-hybridized carbons (Fsp3) is 0.143. The fourth-order valence-corrected chi connectivity index (χ4v) is 1.58. The van der Waals surface area contributed by atoms with E-state index in [0.29, 0.717) is 18.0 Å². The lowest BCUT2D eigenvalue weighted by Gasteiger charge is -2.09. The predicted molar refractivity (Wildman–Crippen MR) is 74.4 cm³/mol. The van der Waals surface area contributed by atoms with E-state index in [1.54, 1.807) is 37.5 Å². The molecule has 1 aromatic carbocycles. The van der Waals surface area contributed by atoms with Crippen LogP contribution in [0.2, 0.25) is 0 Å². The Hall–Kier alpha value is -2.63. The van der Waals surface area contributed by atoms with Gasteiger partial charge in [-0.15, -0.1) is 0 Å². The molecule has 20 heavy (non-hydrogen) atoms. The van der Waals surface area contributed by atoms with Crippen LogP contribution in [-0.2, 0) is 0 Å². The molecule has 2 aromatic rings. The Labute approximate surface area is 115 Å². The molecule has 0 atom stereocenters. The minimum Gasteiger partial charge on any atom is -0.491 e. The zero-order chi connectivity index (χ0) is 14.4. The van der Waals surface area contributed by atoms with Crippen molar-refractivity contribution in [2.75, 3.05) is 17.2 Å². The summed E-state index contributed by atoms with van der Waals surface area (Å²) in [7, 11) is 0. The molecule has 104 valence electrons. The van der Waals surface area contributed by atoms with E-state index in [4.69, 9.17) is 4.74 Å². The van der Waals surface area contributed by atoms with E-state index in [9.17, 15) is 9.18 Å². The van der Waals surface area contributed by atoms with Gasteiger partial charge in [0.05, 0.1) is 6.61 Å². The highest BCUT2D eigenvalue weighted by Crippen LogP contribution is 2.21. The number of ether oxygens (including phenoxy) is 1. The SMILES string of the molecule is CCOc1ccc(NC(=O)Nc2ccncc2)cc1F. The summed E-state index contributed by atoms with van der Waals surface area (Å²) in [6.45, 7) is 2.15. The van der Waals surface area contributed by atoms with Crippen LogP contribution in [0, 0.1) is 5.82 Å². The zero-order valence-corrected chi connectivity index (χ0v) is 10.9. The fourth-order valence-electron chi connectivity index (χ4n) is 1.58. The van der Waals surface area contributed by atoms with Crippen LogP contribution in [0.25, 0.3) is 0 Å². The maximum atomic E-state index is 13.6. The largest absolute Gasteiger partial charge is 0.491 e. The number of hydrogen-bond donors (Lipinski definition) is 2. The molecule has 0 spiro atoms. The number of urea groups is 1. The van der Waals surface area contributed by atoms with Crippen molar-refractivity contribution in [3.05, 3.63) is 48.5 Å². The quantitative estimate of drug-likeness (QED) is 0.900. The van der Waals surface area contributed by atoms with Crippen molar-refractivity contribution < 1.29 is 13.9 Å². The molecule has 0 fully saturated rings. The van der Waals surface area contributed by atoms with Crippen LogP contribution in [0.3, 0.4) is 0 Å². The normalized spacial score (nSPS) is 9.90. The Morgan fingerprint density at radius 3 is 2.55 bits per heavy atom. The molecule has 1 aromatic heterocycles. The maximum absolute atomic E-state index is 13.6. The Morgan fingerprint density at radius 1 is 1.20 bits per heavy atom. The minimum atomic E-state index is -0.520. The number of carbonyl (C=O) groups excluding carboxylic acids is 1. The smallest absolute Gasteiger partial charge is 0.323 e. The first-order valence-electron chi connectivity index (χ1n) is 6.09. The predicted octanol–water partition coefficient (Wildman–Crippen LogP) is 3.26. The first-order chi connectivity index (χ1) is 9.69. The summed E-state index contributed by atoms with van der Waals surface area (Å²) in [6.07, 6.45) is 3.12. The minimum absolute atomic E-state index is 0.160. The Balaban J connectivity index is 1.99. The van der Waals surface area contributed by atoms with Crippen LogP contribution in [-0.4, -0.2) is 17.6 Å². The second-order valence-electron chi connectivity index (χ2n) is 3.89. The summed E-state index contributed by atoms with van der Waals surface area (Å²) in [4.78, 5) is 15.5. The van der Waals surface area contributed by atoms with Crippen molar-refractivity contribution in [1.29, 1.82) is 0 Å². The van der Waals surface area contributed by atoms with E-state index >= 15 is 0 Å². The van der Waals surface area contributed by atoms with Crippen molar-refractivity contribution in [3.63, 3.8) is 0 Å². The number of anilines is 2. The van der Waals surface area contributed by atoms with Gasteiger partial charge in [-0.1, -0.05) is 0 Å². The number of amides is 2. The summed E-state index contributed by atoms with van der Waals surface area (Å²) in [5.41, 5.74) is 0.946. The molecule has 2 amide bonds. The topological polar surface area (TPSA) is 63.2 Å². The summed E-state index contributed by atoms with van der Waals surface area (Å²) >= 11 is 0. The number of halogens is 1. The average Bonchev–Trinajstić information content (AvgIpc) is 2.43. The van der Waals surface area contributed by atoms with Crippen LogP contribution in [0.15, 0.2) is 42.7 Å². The lowest BCUT2D eigenvalue weighted by Crippen LogP contribution is -2.19. The number of pyridine rings is 1. The van der Waals surface area contributed by atoms with Crippen LogP contribution in [0.1, 0.15) is 6.92 Å². The molecule has 0 unspecified atom stereocenters. The molecular weight excluding hydrogens is 261 g/mol. The van der Waals surface area contributed by atoms with Gasteiger partial charge in [-0.25, -0.2) is 9.18 Å². The molecule has 0 saturated carbocycles. The molecular formula is C14H14FN3O2. The lowest BCUT2D eigenvalue weighted by atomic mass is 10.3. The van der Waals surface area contributed by atoms with E-state index in [1.807, 2.05) is 0 Å². The number of nitrogens with zero attached hydrogens (tertiary/aromatic N) is 1. The average molecular weight is 275 g/mol. The van der Waals surface area contributed by atoms with Crippen LogP contribution < -0.4 is 15.4 Å². The van der Waals surface area contributed by atoms with Gasteiger partial charge in [0.2, 0.25) is 0 Å². The standard InChI is InChI=1S/C14H14FN3O2/c1-2-20-13-4-3-11(9-12(13)15)18-14(19)17-10-5-7-16-8-6-10/h3-9H,2H2,1H3,(H2,16,17,18,19). The molecule has 0 aliphatic heterocycles. The Bertz CT molecular complexity index is 590. The molecule has 6 heteroatoms. The first kappa shape index (κ1) is 13.8. The van der Waals surface area contributed by atoms with E-state index in [1.165, 1.54) is 12.1 Å². The number of carbonyl (C=O) groups is 1. The van der Waals surface area contributed by atoms with Gasteiger partial charge in [-0.3, -0.25) is 4.98 Å². The second-order valence-corrected chi connectivity index (χ2v) is 3.89. The van der Waals surface area contributed by atoms with Gasteiger partial charge in [0, 0.05) is 29.8 Å². The third-order valence-corrected chi connectivity index (χ3v) is 2.43. The van der Waals surface area contributed by atoms with Crippen molar-refractivity contribution in [1.82, 2.24) is 4.98 Å². The monoisotopic (exact) mass is 275 g/mol. The molecule has 2 N–H and O–H groups in total. The number of hydrogen-bond acceptors (Lipinski definition) is 3. The summed E-state index contributed by atoms with van der Waals surface area (Å²) in [6, 6.07) is 7.09. The molecule has 5 nitrogen and oxygen atoms in total. The van der Waals surface area contributed by atoms with Gasteiger partial charge in [-0.2, -0.15) is 0 Å². The van der Waals surface area contributed by atoms with Gasteiger partial charge < -0.3 is 15.4 Å². The van der Waals surface area contributed by atoms with Crippen molar-refractivity contribution in [2.24, 2.45) is 0 Å². The highest BCUT2D eigenvalue weighted by Gasteiger charge is 2.07. The Morgan fingerprint density at radius 2 is 1.90 bits per heavy atom. The van der Waals surface area contributed by atoms with Crippen molar-refractivity contribution in [3.8, 4) is 5.75 Å². The van der Waals surface area contributed by atoms with E-state index in [-0.39, 0.29) is 5.75 Å². The van der Waals surface area contributed by atoms with Gasteiger partial charge in [0.15, 0.2) is 11.6 Å². The number of nitrogens with one attached hydrogen (secondary N) is 2. The van der Waals surface area contributed by atoms with Gasteiger partial charge >= 0.3 is 6.03 Å². The van der Waals surface area contributed by atoms with Crippen molar-refractivity contribution >= 4 is 17.4 Å². The Kier molecular flexibility index (Phi) is 4.49. The van der Waals surface area contributed by atoms with E-state index in [2.05, 4.69) is 15.6 Å². The zero-order valence-electron chi connectivity index (χ0n) is 10.9. The summed E-state index contributed by atoms with van der Waals surface area (Å²) in [5, 5.41) is 5.14.